The van der Waals surface area contributed by atoms with E-state index < -0.39 is 5.97 Å². The van der Waals surface area contributed by atoms with Gasteiger partial charge in [0.2, 0.25) is 5.91 Å². The van der Waals surface area contributed by atoms with Gasteiger partial charge in [-0.25, -0.2) is 5.06 Å². The molecule has 0 fully saturated rings. The van der Waals surface area contributed by atoms with E-state index in [0.717, 1.165) is 16.2 Å². The highest BCUT2D eigenvalue weighted by atomic mass is 32.2. The van der Waals surface area contributed by atoms with E-state index in [9.17, 15) is 9.59 Å². The Morgan fingerprint density at radius 3 is 2.71 bits per heavy atom. The number of benzene rings is 2. The van der Waals surface area contributed by atoms with Gasteiger partial charge in [0.05, 0.1) is 12.3 Å². The summed E-state index contributed by atoms with van der Waals surface area (Å²) in [5, 5.41) is 20.6. The quantitative estimate of drug-likeness (QED) is 0.193. The standard InChI is InChI=1S/C22H24N4O4S/c23-22(24)16-8-6-15(7-9-16)19-10-11-30-26(19)14-20(27)25-17-3-1-4-18(13-17)31-12-2-5-21(28)29/h1,3-4,6-10,13H,2,5,11-12,14H2,(H3,23,24)(H,25,27)(H,28,29). The van der Waals surface area contributed by atoms with Crippen LogP contribution in [0.1, 0.15) is 24.0 Å². The molecule has 8 nitrogen and oxygen atoms in total. The third kappa shape index (κ3) is 6.59. The first-order chi connectivity index (χ1) is 14.9. The molecule has 0 unspecified atom stereocenters. The van der Waals surface area contributed by atoms with E-state index in [0.29, 0.717) is 30.0 Å². The van der Waals surface area contributed by atoms with Crippen LogP contribution in [0.4, 0.5) is 5.69 Å². The molecule has 2 aromatic carbocycles. The number of hydrogen-bond acceptors (Lipinski definition) is 6. The minimum absolute atomic E-state index is 0.00159. The van der Waals surface area contributed by atoms with Crippen LogP contribution in [0.3, 0.4) is 0 Å². The molecule has 9 heteroatoms. The van der Waals surface area contributed by atoms with Gasteiger partial charge in [-0.15, -0.1) is 11.8 Å². The van der Waals surface area contributed by atoms with Gasteiger partial charge in [-0.1, -0.05) is 30.3 Å². The predicted octanol–water partition coefficient (Wildman–Crippen LogP) is 3.15. The molecule has 1 amide bonds. The molecule has 0 aliphatic carbocycles. The van der Waals surface area contributed by atoms with Gasteiger partial charge >= 0.3 is 5.97 Å². The molecule has 5 N–H and O–H groups in total. The summed E-state index contributed by atoms with van der Waals surface area (Å²) in [7, 11) is 0. The molecule has 0 radical (unpaired) electrons. The third-order valence-electron chi connectivity index (χ3n) is 4.48. The minimum atomic E-state index is -0.797. The highest BCUT2D eigenvalue weighted by Crippen LogP contribution is 2.25. The van der Waals surface area contributed by atoms with Crippen molar-refractivity contribution in [3.63, 3.8) is 0 Å². The maximum atomic E-state index is 12.6. The number of carbonyl (C=O) groups excluding carboxylic acids is 1. The number of nitrogens with one attached hydrogen (secondary N) is 2. The van der Waals surface area contributed by atoms with Crippen molar-refractivity contribution in [1.29, 1.82) is 5.41 Å². The average Bonchev–Trinajstić information content (AvgIpc) is 3.19. The molecule has 1 aliphatic heterocycles. The van der Waals surface area contributed by atoms with E-state index in [-0.39, 0.29) is 24.7 Å². The van der Waals surface area contributed by atoms with Crippen LogP contribution in [-0.2, 0) is 14.4 Å². The molecular formula is C22H24N4O4S. The number of carbonyl (C=O) groups is 2. The number of anilines is 1. The van der Waals surface area contributed by atoms with Gasteiger partial charge in [-0.3, -0.25) is 19.8 Å². The maximum Gasteiger partial charge on any atom is 0.303 e. The fourth-order valence-electron chi connectivity index (χ4n) is 3.00. The van der Waals surface area contributed by atoms with Gasteiger partial charge in [-0.2, -0.15) is 0 Å². The van der Waals surface area contributed by atoms with Crippen molar-refractivity contribution in [2.24, 2.45) is 5.73 Å². The summed E-state index contributed by atoms with van der Waals surface area (Å²) in [6.45, 7) is 0.399. The normalized spacial score (nSPS) is 13.0. The SMILES string of the molecule is N=C(N)c1ccc(C2=CCON2CC(=O)Nc2cccc(SCCCC(=O)O)c2)cc1. The highest BCUT2D eigenvalue weighted by Gasteiger charge is 2.21. The number of rotatable bonds is 10. The first-order valence-corrected chi connectivity index (χ1v) is 10.7. The van der Waals surface area contributed by atoms with E-state index in [1.807, 2.05) is 36.4 Å². The van der Waals surface area contributed by atoms with E-state index in [1.165, 1.54) is 0 Å². The van der Waals surface area contributed by atoms with Crippen LogP contribution < -0.4 is 11.1 Å². The van der Waals surface area contributed by atoms with Gasteiger partial charge in [0, 0.05) is 22.6 Å². The number of nitrogens with zero attached hydrogens (tertiary/aromatic N) is 1. The first kappa shape index (κ1) is 22.4. The van der Waals surface area contributed by atoms with Crippen LogP contribution >= 0.6 is 11.8 Å². The Bertz CT molecular complexity index is 991. The van der Waals surface area contributed by atoms with Crippen LogP contribution in [0.15, 0.2) is 59.5 Å². The van der Waals surface area contributed by atoms with Crippen LogP contribution in [0.5, 0.6) is 0 Å². The van der Waals surface area contributed by atoms with Crippen molar-refractivity contribution in [2.75, 3.05) is 24.2 Å². The highest BCUT2D eigenvalue weighted by molar-refractivity contribution is 7.99. The van der Waals surface area contributed by atoms with Gasteiger partial charge in [0.15, 0.2) is 0 Å². The van der Waals surface area contributed by atoms with Crippen LogP contribution in [0, 0.1) is 5.41 Å². The summed E-state index contributed by atoms with van der Waals surface area (Å²) < 4.78 is 0. The molecule has 0 spiro atoms. The van der Waals surface area contributed by atoms with Crippen molar-refractivity contribution < 1.29 is 19.5 Å². The van der Waals surface area contributed by atoms with E-state index in [4.69, 9.17) is 21.1 Å². The van der Waals surface area contributed by atoms with E-state index in [1.54, 1.807) is 35.0 Å². The summed E-state index contributed by atoms with van der Waals surface area (Å²) >= 11 is 1.55. The van der Waals surface area contributed by atoms with Crippen molar-refractivity contribution >= 4 is 40.9 Å². The largest absolute Gasteiger partial charge is 0.481 e. The summed E-state index contributed by atoms with van der Waals surface area (Å²) in [6, 6.07) is 14.6. The van der Waals surface area contributed by atoms with Gasteiger partial charge in [0.1, 0.15) is 12.4 Å². The molecule has 0 saturated heterocycles. The topological polar surface area (TPSA) is 129 Å². The number of nitrogens with two attached hydrogens (primary N) is 1. The number of hydrogen-bond donors (Lipinski definition) is 4. The van der Waals surface area contributed by atoms with Crippen LogP contribution in [0.2, 0.25) is 0 Å². The Labute approximate surface area is 184 Å². The Kier molecular flexibility index (Phi) is 7.69. The summed E-state index contributed by atoms with van der Waals surface area (Å²) in [4.78, 5) is 29.7. The second kappa shape index (κ2) is 10.6. The molecule has 162 valence electrons. The number of aliphatic carboxylic acids is 1. The zero-order chi connectivity index (χ0) is 22.2. The lowest BCUT2D eigenvalue weighted by atomic mass is 10.1. The molecule has 3 rings (SSSR count). The molecule has 0 bridgehead atoms. The molecule has 0 atom stereocenters. The predicted molar refractivity (Wildman–Crippen MR) is 121 cm³/mol. The zero-order valence-electron chi connectivity index (χ0n) is 16.8. The smallest absolute Gasteiger partial charge is 0.303 e. The first-order valence-electron chi connectivity index (χ1n) is 9.72. The Hall–Kier alpha value is -3.30. The second-order valence-electron chi connectivity index (χ2n) is 6.83. The van der Waals surface area contributed by atoms with Crippen molar-refractivity contribution in [1.82, 2.24) is 5.06 Å². The number of amides is 1. The third-order valence-corrected chi connectivity index (χ3v) is 5.56. The Morgan fingerprint density at radius 2 is 2.00 bits per heavy atom. The van der Waals surface area contributed by atoms with Crippen LogP contribution in [-0.4, -0.2) is 46.8 Å². The molecule has 0 saturated carbocycles. The number of thioether (sulfide) groups is 1. The number of carboxylic acids is 1. The lowest BCUT2D eigenvalue weighted by molar-refractivity contribution is -0.137. The number of nitrogen functional groups attached to an aromatic ring is 1. The molecule has 0 aromatic heterocycles. The number of amidine groups is 1. The fraction of sp³-hybridized carbons (Fsp3) is 0.227. The zero-order valence-corrected chi connectivity index (χ0v) is 17.7. The van der Waals surface area contributed by atoms with Gasteiger partial charge in [0.25, 0.3) is 0 Å². The Morgan fingerprint density at radius 1 is 1.23 bits per heavy atom. The fourth-order valence-corrected chi connectivity index (χ4v) is 3.91. The summed E-state index contributed by atoms with van der Waals surface area (Å²) in [5.41, 5.74) is 8.45. The Balaban J connectivity index is 1.55. The number of carboxylic acid groups (broad SMARTS) is 1. The maximum absolute atomic E-state index is 12.6. The van der Waals surface area contributed by atoms with Crippen molar-refractivity contribution in [3.05, 3.63) is 65.7 Å². The van der Waals surface area contributed by atoms with E-state index >= 15 is 0 Å². The molecular weight excluding hydrogens is 416 g/mol. The van der Waals surface area contributed by atoms with Gasteiger partial charge < -0.3 is 16.2 Å². The van der Waals surface area contributed by atoms with Crippen molar-refractivity contribution in [3.8, 4) is 0 Å². The molecule has 31 heavy (non-hydrogen) atoms. The summed E-state index contributed by atoms with van der Waals surface area (Å²) in [5.74, 6) is -0.320. The van der Waals surface area contributed by atoms with Crippen LogP contribution in [0.25, 0.3) is 5.70 Å². The lowest BCUT2D eigenvalue weighted by Gasteiger charge is -2.20. The molecule has 2 aromatic rings. The minimum Gasteiger partial charge on any atom is -0.481 e. The van der Waals surface area contributed by atoms with Crippen molar-refractivity contribution in [2.45, 2.75) is 17.7 Å². The van der Waals surface area contributed by atoms with E-state index in [2.05, 4.69) is 5.32 Å². The number of hydroxylamine groups is 2. The second-order valence-corrected chi connectivity index (χ2v) is 8.00. The monoisotopic (exact) mass is 440 g/mol. The molecule has 1 heterocycles. The summed E-state index contributed by atoms with van der Waals surface area (Å²) in [6.07, 6.45) is 2.63. The average molecular weight is 441 g/mol. The van der Waals surface area contributed by atoms with Gasteiger partial charge in [-0.05, 0) is 42.0 Å². The lowest BCUT2D eigenvalue weighted by Crippen LogP contribution is -2.29. The molecule has 1 aliphatic rings.